The van der Waals surface area contributed by atoms with Gasteiger partial charge in [0, 0.05) is 35.4 Å². The standard InChI is InChI=1S/C21H19F4N3OS/c1-13(2)28(12-14-4-3-5-15(10-14)19-26-8-9-30-19)20(29)27-16-6-7-18(22)17(11-16)21(23,24)25/h3-11,13H,12H2,1-2H3,(H,27,29). The predicted molar refractivity (Wildman–Crippen MR) is 109 cm³/mol. The van der Waals surface area contributed by atoms with E-state index in [4.69, 9.17) is 0 Å². The quantitative estimate of drug-likeness (QED) is 0.469. The first-order valence-electron chi connectivity index (χ1n) is 9.08. The maximum absolute atomic E-state index is 13.5. The van der Waals surface area contributed by atoms with E-state index in [1.807, 2.05) is 29.6 Å². The van der Waals surface area contributed by atoms with E-state index in [1.165, 1.54) is 16.2 Å². The van der Waals surface area contributed by atoms with Gasteiger partial charge in [0.25, 0.3) is 0 Å². The number of benzene rings is 2. The van der Waals surface area contributed by atoms with E-state index in [0.717, 1.165) is 22.2 Å². The number of nitrogens with zero attached hydrogens (tertiary/aromatic N) is 2. The summed E-state index contributed by atoms with van der Waals surface area (Å²) in [4.78, 5) is 18.5. The van der Waals surface area contributed by atoms with Gasteiger partial charge in [0.2, 0.25) is 0 Å². The van der Waals surface area contributed by atoms with E-state index in [1.54, 1.807) is 20.0 Å². The maximum Gasteiger partial charge on any atom is 0.419 e. The van der Waals surface area contributed by atoms with Crippen molar-refractivity contribution in [1.29, 1.82) is 0 Å². The maximum atomic E-state index is 13.5. The van der Waals surface area contributed by atoms with Crippen molar-refractivity contribution >= 4 is 23.1 Å². The van der Waals surface area contributed by atoms with Crippen LogP contribution in [0.5, 0.6) is 0 Å². The first-order chi connectivity index (χ1) is 14.1. The molecule has 0 aliphatic heterocycles. The summed E-state index contributed by atoms with van der Waals surface area (Å²) in [5.74, 6) is -1.39. The van der Waals surface area contributed by atoms with E-state index in [9.17, 15) is 22.4 Å². The summed E-state index contributed by atoms with van der Waals surface area (Å²) in [7, 11) is 0. The minimum atomic E-state index is -4.85. The van der Waals surface area contributed by atoms with Gasteiger partial charge in [-0.15, -0.1) is 11.3 Å². The molecule has 30 heavy (non-hydrogen) atoms. The lowest BCUT2D eigenvalue weighted by atomic mass is 10.1. The molecule has 0 saturated carbocycles. The van der Waals surface area contributed by atoms with Gasteiger partial charge in [-0.1, -0.05) is 18.2 Å². The summed E-state index contributed by atoms with van der Waals surface area (Å²) >= 11 is 1.50. The second-order valence-electron chi connectivity index (χ2n) is 6.88. The number of anilines is 1. The number of amides is 2. The van der Waals surface area contributed by atoms with E-state index in [2.05, 4.69) is 10.3 Å². The first-order valence-corrected chi connectivity index (χ1v) is 9.96. The van der Waals surface area contributed by atoms with Crippen molar-refractivity contribution in [2.45, 2.75) is 32.6 Å². The average molecular weight is 437 g/mol. The fourth-order valence-electron chi connectivity index (χ4n) is 2.87. The lowest BCUT2D eigenvalue weighted by Crippen LogP contribution is -2.39. The number of halogens is 4. The Morgan fingerprint density at radius 2 is 1.97 bits per heavy atom. The predicted octanol–water partition coefficient (Wildman–Crippen LogP) is 6.41. The number of urea groups is 1. The molecule has 1 aromatic heterocycles. The van der Waals surface area contributed by atoms with Gasteiger partial charge in [0.05, 0.1) is 5.56 Å². The van der Waals surface area contributed by atoms with Crippen LogP contribution in [0.15, 0.2) is 54.0 Å². The third kappa shape index (κ3) is 5.15. The van der Waals surface area contributed by atoms with Crippen LogP contribution in [0.25, 0.3) is 10.6 Å². The molecule has 0 spiro atoms. The van der Waals surface area contributed by atoms with Crippen LogP contribution in [-0.2, 0) is 12.7 Å². The fourth-order valence-corrected chi connectivity index (χ4v) is 3.51. The lowest BCUT2D eigenvalue weighted by Gasteiger charge is -2.27. The number of carbonyl (C=O) groups is 1. The summed E-state index contributed by atoms with van der Waals surface area (Å²) in [5, 5.41) is 5.15. The summed E-state index contributed by atoms with van der Waals surface area (Å²) in [6, 6.07) is 9.13. The molecular formula is C21H19F4N3OS. The second-order valence-corrected chi connectivity index (χ2v) is 7.78. The normalized spacial score (nSPS) is 11.6. The summed E-state index contributed by atoms with van der Waals surface area (Å²) in [6.07, 6.45) is -3.14. The molecule has 1 heterocycles. The van der Waals surface area contributed by atoms with Gasteiger partial charge >= 0.3 is 12.2 Å². The number of alkyl halides is 3. The molecule has 3 rings (SSSR count). The van der Waals surface area contributed by atoms with E-state index < -0.39 is 23.6 Å². The number of carbonyl (C=O) groups excluding carboxylic acids is 1. The zero-order chi connectivity index (χ0) is 21.9. The van der Waals surface area contributed by atoms with Gasteiger partial charge in [-0.25, -0.2) is 14.2 Å². The fraction of sp³-hybridized carbons (Fsp3) is 0.238. The highest BCUT2D eigenvalue weighted by molar-refractivity contribution is 7.13. The molecule has 0 aliphatic carbocycles. The zero-order valence-electron chi connectivity index (χ0n) is 16.2. The molecule has 0 aliphatic rings. The molecule has 4 nitrogen and oxygen atoms in total. The Bertz CT molecular complexity index is 1020. The SMILES string of the molecule is CC(C)N(Cc1cccc(-c2nccs2)c1)C(=O)Nc1ccc(F)c(C(F)(F)F)c1. The molecule has 0 bridgehead atoms. The van der Waals surface area contributed by atoms with Crippen LogP contribution in [-0.4, -0.2) is 22.0 Å². The molecule has 2 amide bonds. The number of hydrogen-bond acceptors (Lipinski definition) is 3. The molecule has 2 aromatic carbocycles. The van der Waals surface area contributed by atoms with Crippen LogP contribution in [0.4, 0.5) is 28.0 Å². The van der Waals surface area contributed by atoms with Crippen LogP contribution in [0.3, 0.4) is 0 Å². The Kier molecular flexibility index (Phi) is 6.40. The van der Waals surface area contributed by atoms with Crippen molar-refractivity contribution in [2.24, 2.45) is 0 Å². The average Bonchev–Trinajstić information content (AvgIpc) is 3.21. The third-order valence-corrected chi connectivity index (χ3v) is 5.19. The van der Waals surface area contributed by atoms with Gasteiger partial charge in [-0.05, 0) is 43.7 Å². The van der Waals surface area contributed by atoms with Crippen molar-refractivity contribution < 1.29 is 22.4 Å². The van der Waals surface area contributed by atoms with E-state index >= 15 is 0 Å². The van der Waals surface area contributed by atoms with Crippen molar-refractivity contribution in [3.8, 4) is 10.6 Å². The number of hydrogen-bond donors (Lipinski definition) is 1. The largest absolute Gasteiger partial charge is 0.419 e. The topological polar surface area (TPSA) is 45.2 Å². The van der Waals surface area contributed by atoms with Crippen LogP contribution >= 0.6 is 11.3 Å². The van der Waals surface area contributed by atoms with Gasteiger partial charge in [0.15, 0.2) is 0 Å². The number of rotatable bonds is 5. The zero-order valence-corrected chi connectivity index (χ0v) is 17.0. The van der Waals surface area contributed by atoms with Crippen LogP contribution in [0, 0.1) is 5.82 Å². The van der Waals surface area contributed by atoms with E-state index in [-0.39, 0.29) is 18.3 Å². The number of aromatic nitrogens is 1. The highest BCUT2D eigenvalue weighted by Crippen LogP contribution is 2.33. The van der Waals surface area contributed by atoms with Crippen molar-refractivity contribution in [2.75, 3.05) is 5.32 Å². The highest BCUT2D eigenvalue weighted by Gasteiger charge is 2.34. The van der Waals surface area contributed by atoms with Gasteiger partial charge in [-0.2, -0.15) is 13.2 Å². The minimum absolute atomic E-state index is 0.129. The molecule has 0 atom stereocenters. The van der Waals surface area contributed by atoms with Gasteiger partial charge in [-0.3, -0.25) is 0 Å². The molecule has 0 unspecified atom stereocenters. The second kappa shape index (κ2) is 8.83. The summed E-state index contributed by atoms with van der Waals surface area (Å²) in [5.41, 5.74) is 0.213. The molecule has 3 aromatic rings. The molecule has 0 saturated heterocycles. The summed E-state index contributed by atoms with van der Waals surface area (Å²) < 4.78 is 52.3. The van der Waals surface area contributed by atoms with Crippen molar-refractivity contribution in [1.82, 2.24) is 9.88 Å². The minimum Gasteiger partial charge on any atom is -0.318 e. The Morgan fingerprint density at radius 1 is 1.20 bits per heavy atom. The van der Waals surface area contributed by atoms with Crippen molar-refractivity contribution in [3.63, 3.8) is 0 Å². The number of thiazole rings is 1. The first kappa shape index (κ1) is 21.8. The van der Waals surface area contributed by atoms with Crippen LogP contribution in [0.1, 0.15) is 25.0 Å². The van der Waals surface area contributed by atoms with Gasteiger partial charge in [0.1, 0.15) is 10.8 Å². The van der Waals surface area contributed by atoms with Crippen molar-refractivity contribution in [3.05, 3.63) is 71.0 Å². The Labute approximate surface area is 175 Å². The number of nitrogens with one attached hydrogen (secondary N) is 1. The Morgan fingerprint density at radius 3 is 2.60 bits per heavy atom. The third-order valence-electron chi connectivity index (χ3n) is 4.37. The molecule has 1 N–H and O–H groups in total. The molecular weight excluding hydrogens is 418 g/mol. The van der Waals surface area contributed by atoms with Crippen LogP contribution < -0.4 is 5.32 Å². The Hall–Kier alpha value is -2.94. The smallest absolute Gasteiger partial charge is 0.318 e. The molecule has 158 valence electrons. The van der Waals surface area contributed by atoms with Crippen LogP contribution in [0.2, 0.25) is 0 Å². The monoisotopic (exact) mass is 437 g/mol. The highest BCUT2D eigenvalue weighted by atomic mass is 32.1. The lowest BCUT2D eigenvalue weighted by molar-refractivity contribution is -0.139. The molecule has 9 heteroatoms. The van der Waals surface area contributed by atoms with Gasteiger partial charge < -0.3 is 10.2 Å². The molecule has 0 fully saturated rings. The van der Waals surface area contributed by atoms with E-state index in [0.29, 0.717) is 12.1 Å². The Balaban J connectivity index is 1.79. The molecule has 0 radical (unpaired) electrons. The summed E-state index contributed by atoms with van der Waals surface area (Å²) in [6.45, 7) is 3.85.